The molecule has 606 valence electrons. The molecule has 0 amide bonds. The summed E-state index contributed by atoms with van der Waals surface area (Å²) in [6.07, 6.45) is 65.2. The first-order chi connectivity index (χ1) is 49.4. The molecule has 0 bridgehead atoms. The number of aliphatic hydroxyl groups excluding tert-OH is 1. The first-order valence-electron chi connectivity index (χ1n) is 43.0. The van der Waals surface area contributed by atoms with Crippen molar-refractivity contribution in [1.82, 2.24) is 0 Å². The van der Waals surface area contributed by atoms with Gasteiger partial charge in [0.1, 0.15) is 19.3 Å². The van der Waals surface area contributed by atoms with Gasteiger partial charge in [0.05, 0.1) is 26.4 Å². The van der Waals surface area contributed by atoms with Crippen molar-refractivity contribution in [1.29, 1.82) is 0 Å². The molecule has 0 aliphatic carbocycles. The molecule has 0 aliphatic rings. The summed E-state index contributed by atoms with van der Waals surface area (Å²) in [4.78, 5) is 73.1. The van der Waals surface area contributed by atoms with Crippen molar-refractivity contribution in [2.24, 2.45) is 11.8 Å². The fourth-order valence-corrected chi connectivity index (χ4v) is 14.5. The molecule has 0 aromatic carbocycles. The van der Waals surface area contributed by atoms with Gasteiger partial charge < -0.3 is 33.8 Å². The standard InChI is InChI=1S/C83H162O17P2/c1-7-9-11-13-15-17-19-21-22-23-24-25-28-33-37-43-50-56-62-68-83(88)99-78(71-93-80(85)65-59-53-47-41-35-32-29-26-27-31-34-39-45-51-57-63-75(3)4)73-97-101(89,90)95-69-77(84)70-96-102(91,92)98-74-79(72-94-81(86)66-60-54-48-44-38-40-46-52-58-64-76(5)6)100-82(87)67-61-55-49-42-36-30-20-18-16-14-12-10-8-2/h75-79,84H,7-74H2,1-6H3,(H,89,90)(H,91,92)/t77-,78-,79-/m1/s1. The third-order valence-corrected chi connectivity index (χ3v) is 21.4. The van der Waals surface area contributed by atoms with Gasteiger partial charge in [0, 0.05) is 25.7 Å². The smallest absolute Gasteiger partial charge is 0.462 e. The largest absolute Gasteiger partial charge is 0.472 e. The number of carbonyl (C=O) groups is 4. The number of phosphoric ester groups is 2. The molecule has 0 saturated carbocycles. The zero-order valence-corrected chi connectivity index (χ0v) is 68.7. The topological polar surface area (TPSA) is 237 Å². The van der Waals surface area contributed by atoms with Crippen LogP contribution in [-0.2, 0) is 65.4 Å². The first kappa shape index (κ1) is 100. The molecular formula is C83H162O17P2. The molecule has 2 unspecified atom stereocenters. The van der Waals surface area contributed by atoms with E-state index in [9.17, 15) is 43.2 Å². The minimum absolute atomic E-state index is 0.108. The molecule has 0 aromatic rings. The van der Waals surface area contributed by atoms with Crippen molar-refractivity contribution in [3.63, 3.8) is 0 Å². The molecule has 102 heavy (non-hydrogen) atoms. The maximum Gasteiger partial charge on any atom is 0.472 e. The number of esters is 4. The summed E-state index contributed by atoms with van der Waals surface area (Å²) >= 11 is 0. The van der Waals surface area contributed by atoms with Crippen LogP contribution in [0.25, 0.3) is 0 Å². The lowest BCUT2D eigenvalue weighted by Gasteiger charge is -2.21. The summed E-state index contributed by atoms with van der Waals surface area (Å²) in [7, 11) is -9.92. The van der Waals surface area contributed by atoms with E-state index < -0.39 is 97.5 Å². The molecular weight excluding hydrogens is 1330 g/mol. The zero-order valence-electron chi connectivity index (χ0n) is 66.9. The summed E-state index contributed by atoms with van der Waals surface area (Å²) in [5.41, 5.74) is 0. The van der Waals surface area contributed by atoms with E-state index in [0.29, 0.717) is 25.7 Å². The van der Waals surface area contributed by atoms with E-state index in [0.717, 1.165) is 102 Å². The predicted octanol–water partition coefficient (Wildman–Crippen LogP) is 25.1. The highest BCUT2D eigenvalue weighted by Crippen LogP contribution is 2.45. The van der Waals surface area contributed by atoms with Gasteiger partial charge in [0.2, 0.25) is 0 Å². The second-order valence-electron chi connectivity index (χ2n) is 30.8. The number of ether oxygens (including phenoxy) is 4. The van der Waals surface area contributed by atoms with Crippen molar-refractivity contribution < 1.29 is 80.2 Å². The molecule has 0 rings (SSSR count). The zero-order chi connectivity index (χ0) is 74.9. The van der Waals surface area contributed by atoms with Gasteiger partial charge >= 0.3 is 39.5 Å². The Morgan fingerprint density at radius 3 is 0.667 bits per heavy atom. The molecule has 19 heteroatoms. The number of aliphatic hydroxyl groups is 1. The Labute approximate surface area is 626 Å². The van der Waals surface area contributed by atoms with E-state index >= 15 is 0 Å². The quantitative estimate of drug-likeness (QED) is 0.0222. The summed E-state index contributed by atoms with van der Waals surface area (Å²) in [6, 6.07) is 0. The minimum atomic E-state index is -4.96. The van der Waals surface area contributed by atoms with E-state index in [4.69, 9.17) is 37.0 Å². The Balaban J connectivity index is 5.25. The minimum Gasteiger partial charge on any atom is -0.462 e. The summed E-state index contributed by atoms with van der Waals surface area (Å²) < 4.78 is 68.8. The van der Waals surface area contributed by atoms with Gasteiger partial charge in [0.25, 0.3) is 0 Å². The van der Waals surface area contributed by atoms with Gasteiger partial charge in [-0.1, -0.05) is 388 Å². The van der Waals surface area contributed by atoms with Crippen LogP contribution in [0.1, 0.15) is 440 Å². The molecule has 0 spiro atoms. The van der Waals surface area contributed by atoms with Crippen molar-refractivity contribution in [2.45, 2.75) is 458 Å². The molecule has 0 heterocycles. The maximum absolute atomic E-state index is 13.1. The summed E-state index contributed by atoms with van der Waals surface area (Å²) in [5.74, 6) is -0.554. The van der Waals surface area contributed by atoms with Crippen LogP contribution in [0.15, 0.2) is 0 Å². The molecule has 0 radical (unpaired) electrons. The monoisotopic (exact) mass is 1490 g/mol. The lowest BCUT2D eigenvalue weighted by atomic mass is 10.0. The Bertz CT molecular complexity index is 1960. The number of carbonyl (C=O) groups excluding carboxylic acids is 4. The fraction of sp³-hybridized carbons (Fsp3) is 0.952. The first-order valence-corrected chi connectivity index (χ1v) is 46.0. The third-order valence-electron chi connectivity index (χ3n) is 19.5. The van der Waals surface area contributed by atoms with Crippen LogP contribution in [0.3, 0.4) is 0 Å². The van der Waals surface area contributed by atoms with Gasteiger partial charge in [-0.25, -0.2) is 9.13 Å². The number of hydrogen-bond acceptors (Lipinski definition) is 15. The highest BCUT2D eigenvalue weighted by atomic mass is 31.2. The number of unbranched alkanes of at least 4 members (excludes halogenated alkanes) is 52. The Hall–Kier alpha value is -1.94. The Morgan fingerprint density at radius 1 is 0.265 bits per heavy atom. The molecule has 17 nitrogen and oxygen atoms in total. The normalized spacial score (nSPS) is 13.9. The molecule has 5 atom stereocenters. The second kappa shape index (κ2) is 74.5. The van der Waals surface area contributed by atoms with E-state index in [2.05, 4.69) is 41.5 Å². The van der Waals surface area contributed by atoms with Crippen LogP contribution in [0, 0.1) is 11.8 Å². The molecule has 0 saturated heterocycles. The van der Waals surface area contributed by atoms with Crippen molar-refractivity contribution in [3.8, 4) is 0 Å². The number of rotatable bonds is 82. The van der Waals surface area contributed by atoms with E-state index in [-0.39, 0.29) is 25.7 Å². The second-order valence-corrected chi connectivity index (χ2v) is 33.7. The maximum atomic E-state index is 13.1. The van der Waals surface area contributed by atoms with Crippen molar-refractivity contribution in [3.05, 3.63) is 0 Å². The van der Waals surface area contributed by atoms with Gasteiger partial charge in [0.15, 0.2) is 12.2 Å². The van der Waals surface area contributed by atoms with Crippen molar-refractivity contribution >= 4 is 39.5 Å². The number of hydrogen-bond donors (Lipinski definition) is 3. The van der Waals surface area contributed by atoms with Crippen LogP contribution in [0.4, 0.5) is 0 Å². The van der Waals surface area contributed by atoms with Gasteiger partial charge in [-0.3, -0.25) is 37.3 Å². The summed E-state index contributed by atoms with van der Waals surface area (Å²) in [6.45, 7) is 9.66. The molecule has 0 fully saturated rings. The van der Waals surface area contributed by atoms with Gasteiger partial charge in [-0.2, -0.15) is 0 Å². The average Bonchev–Trinajstić information content (AvgIpc) is 0.912. The third kappa shape index (κ3) is 76.3. The van der Waals surface area contributed by atoms with Crippen molar-refractivity contribution in [2.75, 3.05) is 39.6 Å². The number of phosphoric acid groups is 2. The van der Waals surface area contributed by atoms with Gasteiger partial charge in [-0.15, -0.1) is 0 Å². The fourth-order valence-electron chi connectivity index (χ4n) is 12.9. The molecule has 0 aliphatic heterocycles. The van der Waals surface area contributed by atoms with Crippen LogP contribution < -0.4 is 0 Å². The summed E-state index contributed by atoms with van der Waals surface area (Å²) in [5, 5.41) is 10.7. The lowest BCUT2D eigenvalue weighted by Crippen LogP contribution is -2.30. The van der Waals surface area contributed by atoms with Gasteiger partial charge in [-0.05, 0) is 37.5 Å². The SMILES string of the molecule is CCCCCCCCCCCCCCCCCCCCCC(=O)O[C@H](COC(=O)CCCCCCCCCCCCCCCCCC(C)C)COP(=O)(O)OC[C@@H](O)COP(=O)(O)OC[C@@H](COC(=O)CCCCCCCCCCCC(C)C)OC(=O)CCCCCCCCCCCCCCC. The lowest BCUT2D eigenvalue weighted by molar-refractivity contribution is -0.161. The van der Waals surface area contributed by atoms with Crippen LogP contribution in [0.2, 0.25) is 0 Å². The van der Waals surface area contributed by atoms with Crippen LogP contribution in [0.5, 0.6) is 0 Å². The highest BCUT2D eigenvalue weighted by Gasteiger charge is 2.30. The van der Waals surface area contributed by atoms with E-state index in [1.165, 1.54) is 257 Å². The highest BCUT2D eigenvalue weighted by molar-refractivity contribution is 7.47. The molecule has 3 N–H and O–H groups in total. The Kier molecular flexibility index (Phi) is 73.1. The average molecular weight is 1490 g/mol. The predicted molar refractivity (Wildman–Crippen MR) is 418 cm³/mol. The Morgan fingerprint density at radius 2 is 0.451 bits per heavy atom. The molecule has 0 aromatic heterocycles. The van der Waals surface area contributed by atoms with E-state index in [1.807, 2.05) is 0 Å². The van der Waals surface area contributed by atoms with Crippen LogP contribution in [-0.4, -0.2) is 96.7 Å². The van der Waals surface area contributed by atoms with Crippen LogP contribution >= 0.6 is 15.6 Å². The van der Waals surface area contributed by atoms with E-state index in [1.54, 1.807) is 0 Å².